The Hall–Kier alpha value is -2.51. The first-order chi connectivity index (χ1) is 9.31. The highest BCUT2D eigenvalue weighted by Gasteiger charge is 2.31. The van der Waals surface area contributed by atoms with Gasteiger partial charge in [-0.05, 0) is 28.7 Å². The van der Waals surface area contributed by atoms with Gasteiger partial charge >= 0.3 is 6.21 Å². The fraction of sp³-hybridized carbons (Fsp3) is 0.125. The number of nitrogens with zero attached hydrogens (tertiary/aromatic N) is 2. The Bertz CT molecular complexity index is 654. The van der Waals surface area contributed by atoms with Crippen LogP contribution in [0.1, 0.15) is 28.2 Å². The second-order valence-corrected chi connectivity index (χ2v) is 4.65. The SMILES string of the molecule is [N-]=[N+]=CC(=O)C1c2ccccc2Cc2ccccc21. The summed E-state index contributed by atoms with van der Waals surface area (Å²) >= 11 is 0. The molecule has 0 saturated carbocycles. The molecule has 0 aromatic heterocycles. The molecule has 0 fully saturated rings. The summed E-state index contributed by atoms with van der Waals surface area (Å²) in [6.45, 7) is 0. The molecule has 0 unspecified atom stereocenters. The average molecular weight is 248 g/mol. The summed E-state index contributed by atoms with van der Waals surface area (Å²) in [5.41, 5.74) is 12.9. The van der Waals surface area contributed by atoms with E-state index < -0.39 is 0 Å². The second-order valence-electron chi connectivity index (χ2n) is 4.65. The lowest BCUT2D eigenvalue weighted by molar-refractivity contribution is -0.116. The van der Waals surface area contributed by atoms with Crippen molar-refractivity contribution < 1.29 is 9.58 Å². The van der Waals surface area contributed by atoms with Crippen molar-refractivity contribution in [3.05, 3.63) is 76.3 Å². The average Bonchev–Trinajstić information content (AvgIpc) is 2.44. The van der Waals surface area contributed by atoms with Gasteiger partial charge in [0.1, 0.15) is 0 Å². The number of carbonyl (C=O) groups excluding carboxylic acids is 1. The van der Waals surface area contributed by atoms with Crippen molar-refractivity contribution in [1.29, 1.82) is 0 Å². The standard InChI is InChI=1S/C16H12N2O/c17-18-10-15(19)16-13-7-3-1-5-11(13)9-12-6-2-4-8-14(12)16/h1-8,10,16H,9H2. The van der Waals surface area contributed by atoms with Crippen LogP contribution in [0.25, 0.3) is 5.53 Å². The molecule has 2 aromatic rings. The van der Waals surface area contributed by atoms with Crippen molar-refractivity contribution in [1.82, 2.24) is 0 Å². The summed E-state index contributed by atoms with van der Waals surface area (Å²) in [5, 5.41) is 0. The quantitative estimate of drug-likeness (QED) is 0.458. The summed E-state index contributed by atoms with van der Waals surface area (Å²) in [4.78, 5) is 15.1. The summed E-state index contributed by atoms with van der Waals surface area (Å²) in [5.74, 6) is -0.556. The number of fused-ring (bicyclic) bond motifs is 2. The molecule has 0 heterocycles. The number of Topliss-reactive ketones (excluding diaryl/α,β-unsaturated/α-hetero) is 1. The lowest BCUT2D eigenvalue weighted by atomic mass is 9.76. The van der Waals surface area contributed by atoms with Crippen LogP contribution in [0.15, 0.2) is 48.5 Å². The molecule has 1 aliphatic carbocycles. The van der Waals surface area contributed by atoms with Crippen LogP contribution in [0.3, 0.4) is 0 Å². The zero-order chi connectivity index (χ0) is 13.2. The Kier molecular flexibility index (Phi) is 2.82. The zero-order valence-electron chi connectivity index (χ0n) is 10.3. The van der Waals surface area contributed by atoms with Crippen molar-refractivity contribution >= 4 is 12.0 Å². The van der Waals surface area contributed by atoms with E-state index in [0.29, 0.717) is 0 Å². The van der Waals surface area contributed by atoms with Gasteiger partial charge in [-0.15, -0.1) is 0 Å². The Balaban J connectivity index is 2.22. The van der Waals surface area contributed by atoms with Gasteiger partial charge in [-0.25, -0.2) is 0 Å². The van der Waals surface area contributed by atoms with E-state index in [1.54, 1.807) is 0 Å². The van der Waals surface area contributed by atoms with Gasteiger partial charge in [-0.2, -0.15) is 4.79 Å². The maximum atomic E-state index is 12.2. The molecule has 0 N–H and O–H groups in total. The number of rotatable bonds is 2. The minimum absolute atomic E-state index is 0.192. The van der Waals surface area contributed by atoms with E-state index in [1.165, 1.54) is 0 Å². The zero-order valence-corrected chi connectivity index (χ0v) is 10.3. The molecule has 1 aliphatic rings. The minimum Gasteiger partial charge on any atom is -0.361 e. The van der Waals surface area contributed by atoms with Gasteiger partial charge in [0, 0.05) is 0 Å². The summed E-state index contributed by atoms with van der Waals surface area (Å²) < 4.78 is 0. The number of carbonyl (C=O) groups is 1. The predicted octanol–water partition coefficient (Wildman–Crippen LogP) is 2.59. The largest absolute Gasteiger partial charge is 0.361 e. The third-order valence-corrected chi connectivity index (χ3v) is 3.58. The molecule has 0 amide bonds. The summed E-state index contributed by atoms with van der Waals surface area (Å²) in [7, 11) is 0. The molecule has 0 spiro atoms. The Morgan fingerprint density at radius 3 is 2.11 bits per heavy atom. The first kappa shape index (κ1) is 11.6. The third-order valence-electron chi connectivity index (χ3n) is 3.58. The van der Waals surface area contributed by atoms with Crippen LogP contribution in [-0.2, 0) is 11.2 Å². The van der Waals surface area contributed by atoms with E-state index in [9.17, 15) is 4.79 Å². The molecule has 3 nitrogen and oxygen atoms in total. The van der Waals surface area contributed by atoms with E-state index in [2.05, 4.69) is 4.79 Å². The molecule has 0 saturated heterocycles. The topological polar surface area (TPSA) is 53.5 Å². The van der Waals surface area contributed by atoms with Crippen molar-refractivity contribution in [3.8, 4) is 0 Å². The van der Waals surface area contributed by atoms with Gasteiger partial charge in [0.15, 0.2) is 0 Å². The van der Waals surface area contributed by atoms with Crippen LogP contribution < -0.4 is 0 Å². The summed E-state index contributed by atoms with van der Waals surface area (Å²) in [6.07, 6.45) is 1.83. The fourth-order valence-corrected chi connectivity index (χ4v) is 2.76. The molecular weight excluding hydrogens is 236 g/mol. The molecule has 0 bridgehead atoms. The maximum Gasteiger partial charge on any atom is 0.324 e. The van der Waals surface area contributed by atoms with Crippen molar-refractivity contribution in [2.75, 3.05) is 0 Å². The molecule has 0 radical (unpaired) electrons. The molecule has 92 valence electrons. The minimum atomic E-state index is -0.364. The van der Waals surface area contributed by atoms with Crippen LogP contribution in [0, 0.1) is 0 Å². The van der Waals surface area contributed by atoms with Crippen LogP contribution >= 0.6 is 0 Å². The van der Waals surface area contributed by atoms with Gasteiger partial charge in [0.25, 0.3) is 0 Å². The first-order valence-corrected chi connectivity index (χ1v) is 6.18. The van der Waals surface area contributed by atoms with Gasteiger partial charge in [0.2, 0.25) is 5.78 Å². The smallest absolute Gasteiger partial charge is 0.324 e. The van der Waals surface area contributed by atoms with E-state index in [4.69, 9.17) is 5.53 Å². The predicted molar refractivity (Wildman–Crippen MR) is 72.2 cm³/mol. The van der Waals surface area contributed by atoms with Crippen LogP contribution in [0.5, 0.6) is 0 Å². The lowest BCUT2D eigenvalue weighted by Gasteiger charge is -2.25. The normalized spacial score (nSPS) is 13.1. The number of benzene rings is 2. The van der Waals surface area contributed by atoms with E-state index in [0.717, 1.165) is 34.9 Å². The Morgan fingerprint density at radius 1 is 1.05 bits per heavy atom. The summed E-state index contributed by atoms with van der Waals surface area (Å²) in [6, 6.07) is 15.9. The molecule has 2 aromatic carbocycles. The van der Waals surface area contributed by atoms with Crippen LogP contribution in [0.4, 0.5) is 0 Å². The molecular formula is C16H12N2O. The van der Waals surface area contributed by atoms with Gasteiger partial charge < -0.3 is 5.53 Å². The molecule has 3 heteroatoms. The van der Waals surface area contributed by atoms with E-state index in [-0.39, 0.29) is 11.7 Å². The third kappa shape index (κ3) is 1.90. The Labute approximate surface area is 111 Å². The van der Waals surface area contributed by atoms with Crippen molar-refractivity contribution in [2.24, 2.45) is 0 Å². The van der Waals surface area contributed by atoms with E-state index >= 15 is 0 Å². The lowest BCUT2D eigenvalue weighted by Crippen LogP contribution is -2.22. The highest BCUT2D eigenvalue weighted by atomic mass is 16.1. The number of hydrogen-bond acceptors (Lipinski definition) is 1. The van der Waals surface area contributed by atoms with Gasteiger partial charge in [0.05, 0.1) is 5.92 Å². The van der Waals surface area contributed by atoms with Crippen molar-refractivity contribution in [2.45, 2.75) is 12.3 Å². The van der Waals surface area contributed by atoms with Crippen molar-refractivity contribution in [3.63, 3.8) is 0 Å². The van der Waals surface area contributed by atoms with Gasteiger partial charge in [-0.1, -0.05) is 48.5 Å². The fourth-order valence-electron chi connectivity index (χ4n) is 2.76. The number of ketones is 1. The number of hydrogen-bond donors (Lipinski definition) is 0. The monoisotopic (exact) mass is 248 g/mol. The molecule has 3 rings (SSSR count). The van der Waals surface area contributed by atoms with E-state index in [1.807, 2.05) is 48.5 Å². The molecule has 0 aliphatic heterocycles. The second kappa shape index (κ2) is 4.63. The van der Waals surface area contributed by atoms with Crippen LogP contribution in [-0.4, -0.2) is 16.8 Å². The maximum absolute atomic E-state index is 12.2. The first-order valence-electron chi connectivity index (χ1n) is 6.18. The molecule has 19 heavy (non-hydrogen) atoms. The highest BCUT2D eigenvalue weighted by molar-refractivity contribution is 6.29. The Morgan fingerprint density at radius 2 is 1.58 bits per heavy atom. The highest BCUT2D eigenvalue weighted by Crippen LogP contribution is 2.36. The van der Waals surface area contributed by atoms with Crippen LogP contribution in [0.2, 0.25) is 0 Å². The van der Waals surface area contributed by atoms with Gasteiger partial charge in [-0.3, -0.25) is 4.79 Å². The molecule has 0 atom stereocenters.